The van der Waals surface area contributed by atoms with Crippen LogP contribution < -0.4 is 10.0 Å². The van der Waals surface area contributed by atoms with Crippen molar-refractivity contribution in [1.82, 2.24) is 10.0 Å². The van der Waals surface area contributed by atoms with E-state index in [1.165, 1.54) is 6.92 Å². The molecule has 1 atom stereocenters. The first kappa shape index (κ1) is 13.4. The molecule has 0 aliphatic carbocycles. The molecule has 0 aliphatic rings. The fourth-order valence-electron chi connectivity index (χ4n) is 0.986. The molecular weight excluding hydrogens is 204 g/mol. The van der Waals surface area contributed by atoms with Gasteiger partial charge in [0.05, 0.1) is 5.75 Å². The number of nitrogens with one attached hydrogen (secondary N) is 2. The molecule has 5 nitrogen and oxygen atoms in total. The summed E-state index contributed by atoms with van der Waals surface area (Å²) >= 11 is 0. The quantitative estimate of drug-likeness (QED) is 0.655. The summed E-state index contributed by atoms with van der Waals surface area (Å²) in [6, 6.07) is -0.00736. The molecule has 0 aromatic rings. The van der Waals surface area contributed by atoms with E-state index in [1.807, 2.05) is 18.6 Å². The second-order valence-electron chi connectivity index (χ2n) is 3.09. The van der Waals surface area contributed by atoms with Gasteiger partial charge in [0.25, 0.3) is 0 Å². The molecule has 1 unspecified atom stereocenters. The molecule has 0 heterocycles. The maximum Gasteiger partial charge on any atom is 0.234 e. The van der Waals surface area contributed by atoms with Crippen LogP contribution >= 0.6 is 0 Å². The summed E-state index contributed by atoms with van der Waals surface area (Å²) in [6.07, 6.45) is 0.174. The van der Waals surface area contributed by atoms with Crippen LogP contribution in [0.4, 0.5) is 0 Å². The van der Waals surface area contributed by atoms with Gasteiger partial charge < -0.3 is 5.32 Å². The Bertz CT molecular complexity index is 274. The molecule has 0 aliphatic heterocycles. The molecule has 2 N–H and O–H groups in total. The third kappa shape index (κ3) is 5.93. The third-order valence-corrected chi connectivity index (χ3v) is 2.99. The van der Waals surface area contributed by atoms with Gasteiger partial charge in [0.1, 0.15) is 0 Å². The van der Waals surface area contributed by atoms with Crippen molar-refractivity contribution in [2.24, 2.45) is 0 Å². The molecule has 0 fully saturated rings. The number of rotatable bonds is 6. The lowest BCUT2D eigenvalue weighted by Crippen LogP contribution is -2.37. The fourth-order valence-corrected chi connectivity index (χ4v) is 1.56. The van der Waals surface area contributed by atoms with E-state index in [4.69, 9.17) is 0 Å². The highest BCUT2D eigenvalue weighted by Gasteiger charge is 2.13. The van der Waals surface area contributed by atoms with Crippen LogP contribution in [0.25, 0.3) is 0 Å². The summed E-state index contributed by atoms with van der Waals surface area (Å²) in [7, 11) is -3.41. The fraction of sp³-hybridized carbons (Fsp3) is 0.875. The van der Waals surface area contributed by atoms with E-state index in [-0.39, 0.29) is 18.2 Å². The van der Waals surface area contributed by atoms with Crippen molar-refractivity contribution < 1.29 is 13.2 Å². The molecule has 84 valence electrons. The predicted octanol–water partition coefficient (Wildman–Crippen LogP) is -0.160. The van der Waals surface area contributed by atoms with Crippen molar-refractivity contribution in [3.05, 3.63) is 0 Å². The minimum absolute atomic E-state index is 0.00736. The zero-order valence-corrected chi connectivity index (χ0v) is 9.65. The average molecular weight is 222 g/mol. The second-order valence-corrected chi connectivity index (χ2v) is 5.10. The van der Waals surface area contributed by atoms with Crippen molar-refractivity contribution in [1.29, 1.82) is 0 Å². The Labute approximate surface area is 85.3 Å². The highest BCUT2D eigenvalue weighted by Crippen LogP contribution is 1.92. The van der Waals surface area contributed by atoms with E-state index < -0.39 is 15.9 Å². The SMILES string of the molecule is CCNC(C)CC(=O)NS(=O)(=O)CC. The van der Waals surface area contributed by atoms with Crippen molar-refractivity contribution in [2.45, 2.75) is 33.2 Å². The molecule has 6 heteroatoms. The van der Waals surface area contributed by atoms with Gasteiger partial charge in [-0.1, -0.05) is 6.92 Å². The molecule has 0 rings (SSSR count). The van der Waals surface area contributed by atoms with Gasteiger partial charge in [-0.15, -0.1) is 0 Å². The van der Waals surface area contributed by atoms with E-state index in [9.17, 15) is 13.2 Å². The lowest BCUT2D eigenvalue weighted by atomic mass is 10.2. The minimum atomic E-state index is -3.41. The summed E-state index contributed by atoms with van der Waals surface area (Å²) in [5, 5.41) is 3.02. The van der Waals surface area contributed by atoms with E-state index in [0.29, 0.717) is 0 Å². The lowest BCUT2D eigenvalue weighted by Gasteiger charge is -2.11. The van der Waals surface area contributed by atoms with Crippen LogP contribution in [0.15, 0.2) is 0 Å². The van der Waals surface area contributed by atoms with Crippen LogP contribution in [-0.4, -0.2) is 32.7 Å². The number of carbonyl (C=O) groups excluding carboxylic acids is 1. The summed E-state index contributed by atoms with van der Waals surface area (Å²) in [5.74, 6) is -0.533. The largest absolute Gasteiger partial charge is 0.314 e. The predicted molar refractivity (Wildman–Crippen MR) is 55.4 cm³/mol. The summed E-state index contributed by atoms with van der Waals surface area (Å²) in [5.41, 5.74) is 0. The van der Waals surface area contributed by atoms with Crippen LogP contribution in [0.3, 0.4) is 0 Å². The van der Waals surface area contributed by atoms with Crippen molar-refractivity contribution in [3.63, 3.8) is 0 Å². The standard InChI is InChI=1S/C8H18N2O3S/c1-4-9-7(3)6-8(11)10-14(12,13)5-2/h7,9H,4-6H2,1-3H3,(H,10,11). The van der Waals surface area contributed by atoms with E-state index in [1.54, 1.807) is 0 Å². The molecular formula is C8H18N2O3S. The van der Waals surface area contributed by atoms with Gasteiger partial charge in [0, 0.05) is 12.5 Å². The topological polar surface area (TPSA) is 75.3 Å². The van der Waals surface area contributed by atoms with Crippen molar-refractivity contribution in [2.75, 3.05) is 12.3 Å². The number of hydrogen-bond acceptors (Lipinski definition) is 4. The normalized spacial score (nSPS) is 13.6. The molecule has 0 radical (unpaired) electrons. The minimum Gasteiger partial charge on any atom is -0.314 e. The number of sulfonamides is 1. The Balaban J connectivity index is 3.99. The van der Waals surface area contributed by atoms with E-state index in [0.717, 1.165) is 6.54 Å². The summed E-state index contributed by atoms with van der Waals surface area (Å²) in [4.78, 5) is 11.2. The summed E-state index contributed by atoms with van der Waals surface area (Å²) in [6.45, 7) is 6.01. The molecule has 0 bridgehead atoms. The maximum absolute atomic E-state index is 11.2. The van der Waals surface area contributed by atoms with Gasteiger partial charge in [-0.25, -0.2) is 8.42 Å². The Morgan fingerprint density at radius 3 is 2.36 bits per heavy atom. The first-order chi connectivity index (χ1) is 6.41. The van der Waals surface area contributed by atoms with Gasteiger partial charge in [-0.3, -0.25) is 9.52 Å². The van der Waals surface area contributed by atoms with E-state index >= 15 is 0 Å². The summed E-state index contributed by atoms with van der Waals surface area (Å²) < 4.78 is 24.0. The highest BCUT2D eigenvalue weighted by molar-refractivity contribution is 7.90. The number of amides is 1. The zero-order chi connectivity index (χ0) is 11.2. The maximum atomic E-state index is 11.2. The number of carbonyl (C=O) groups is 1. The second kappa shape index (κ2) is 5.98. The average Bonchev–Trinajstić information content (AvgIpc) is 2.03. The van der Waals surface area contributed by atoms with Crippen LogP contribution in [0, 0.1) is 0 Å². The molecule has 0 aromatic carbocycles. The molecule has 14 heavy (non-hydrogen) atoms. The highest BCUT2D eigenvalue weighted by atomic mass is 32.2. The Morgan fingerprint density at radius 1 is 1.36 bits per heavy atom. The van der Waals surface area contributed by atoms with Gasteiger partial charge in [0.15, 0.2) is 0 Å². The smallest absolute Gasteiger partial charge is 0.234 e. The molecule has 0 aromatic heterocycles. The molecule has 1 amide bonds. The first-order valence-electron chi connectivity index (χ1n) is 4.68. The Morgan fingerprint density at radius 2 is 1.93 bits per heavy atom. The van der Waals surface area contributed by atoms with Gasteiger partial charge in [-0.2, -0.15) is 0 Å². The number of hydrogen-bond donors (Lipinski definition) is 2. The monoisotopic (exact) mass is 222 g/mol. The van der Waals surface area contributed by atoms with Gasteiger partial charge in [-0.05, 0) is 20.4 Å². The van der Waals surface area contributed by atoms with Gasteiger partial charge in [0.2, 0.25) is 15.9 Å². The lowest BCUT2D eigenvalue weighted by molar-refractivity contribution is -0.119. The van der Waals surface area contributed by atoms with Crippen LogP contribution in [0.5, 0.6) is 0 Å². The molecule has 0 saturated carbocycles. The van der Waals surface area contributed by atoms with Crippen molar-refractivity contribution >= 4 is 15.9 Å². The van der Waals surface area contributed by atoms with Crippen LogP contribution in [0.1, 0.15) is 27.2 Å². The first-order valence-corrected chi connectivity index (χ1v) is 6.33. The zero-order valence-electron chi connectivity index (χ0n) is 8.83. The Hall–Kier alpha value is -0.620. The molecule has 0 spiro atoms. The van der Waals surface area contributed by atoms with Gasteiger partial charge >= 0.3 is 0 Å². The van der Waals surface area contributed by atoms with E-state index in [2.05, 4.69) is 5.32 Å². The van der Waals surface area contributed by atoms with Crippen LogP contribution in [-0.2, 0) is 14.8 Å². The molecule has 0 saturated heterocycles. The Kier molecular flexibility index (Phi) is 5.71. The third-order valence-electron chi connectivity index (χ3n) is 1.69. The van der Waals surface area contributed by atoms with Crippen LogP contribution in [0.2, 0.25) is 0 Å². The van der Waals surface area contributed by atoms with Crippen molar-refractivity contribution in [3.8, 4) is 0 Å².